The molecule has 0 aromatic heterocycles. The van der Waals surface area contributed by atoms with Crippen molar-refractivity contribution in [2.24, 2.45) is 0 Å². The van der Waals surface area contributed by atoms with E-state index in [1.807, 2.05) is 20.8 Å². The van der Waals surface area contributed by atoms with Gasteiger partial charge in [-0.25, -0.2) is 8.42 Å². The molecule has 0 heterocycles. The van der Waals surface area contributed by atoms with Crippen LogP contribution in [0.25, 0.3) is 0 Å². The van der Waals surface area contributed by atoms with Crippen molar-refractivity contribution >= 4 is 15.7 Å². The normalized spacial score (nSPS) is 12.2. The molecule has 4 nitrogen and oxygen atoms in total. The second-order valence-corrected chi connectivity index (χ2v) is 6.50. The SMILES string of the molecule is C=CS(=O)(=O)CCCC(=O)NC(C)(C)C. The Kier molecular flexibility index (Phi) is 5.00. The molecule has 0 aliphatic rings. The van der Waals surface area contributed by atoms with Gasteiger partial charge in [0, 0.05) is 17.4 Å². The highest BCUT2D eigenvalue weighted by atomic mass is 32.2. The van der Waals surface area contributed by atoms with E-state index in [2.05, 4.69) is 11.9 Å². The summed E-state index contributed by atoms with van der Waals surface area (Å²) < 4.78 is 22.0. The molecule has 0 unspecified atom stereocenters. The third kappa shape index (κ3) is 8.17. The van der Waals surface area contributed by atoms with E-state index in [1.165, 1.54) is 0 Å². The Morgan fingerprint density at radius 2 is 1.93 bits per heavy atom. The molecule has 0 aromatic rings. The van der Waals surface area contributed by atoms with Crippen molar-refractivity contribution in [3.8, 4) is 0 Å². The molecule has 0 atom stereocenters. The molecule has 0 aliphatic heterocycles. The summed E-state index contributed by atoms with van der Waals surface area (Å²) in [6.45, 7) is 8.84. The van der Waals surface area contributed by atoms with Crippen LogP contribution < -0.4 is 5.32 Å². The lowest BCUT2D eigenvalue weighted by molar-refractivity contribution is -0.122. The van der Waals surface area contributed by atoms with E-state index < -0.39 is 9.84 Å². The summed E-state index contributed by atoms with van der Waals surface area (Å²) >= 11 is 0. The van der Waals surface area contributed by atoms with Gasteiger partial charge in [0.25, 0.3) is 0 Å². The molecule has 0 spiro atoms. The van der Waals surface area contributed by atoms with Crippen molar-refractivity contribution in [3.63, 3.8) is 0 Å². The van der Waals surface area contributed by atoms with Crippen molar-refractivity contribution in [2.75, 3.05) is 5.75 Å². The molecule has 0 saturated carbocycles. The minimum atomic E-state index is -3.17. The van der Waals surface area contributed by atoms with Crippen molar-refractivity contribution in [2.45, 2.75) is 39.2 Å². The Bertz CT molecular complexity index is 325. The zero-order valence-electron chi connectivity index (χ0n) is 9.54. The molecule has 0 aliphatic carbocycles. The number of sulfone groups is 1. The molecule has 1 amide bonds. The number of amides is 1. The Morgan fingerprint density at radius 1 is 1.40 bits per heavy atom. The van der Waals surface area contributed by atoms with Gasteiger partial charge in [0.05, 0.1) is 5.75 Å². The van der Waals surface area contributed by atoms with E-state index >= 15 is 0 Å². The Balaban J connectivity index is 3.89. The molecule has 88 valence electrons. The van der Waals surface area contributed by atoms with Crippen LogP contribution in [0.1, 0.15) is 33.6 Å². The van der Waals surface area contributed by atoms with Crippen LogP contribution in [0.15, 0.2) is 12.0 Å². The third-order valence-corrected chi connectivity index (χ3v) is 2.97. The summed E-state index contributed by atoms with van der Waals surface area (Å²) in [6.07, 6.45) is 0.556. The fraction of sp³-hybridized carbons (Fsp3) is 0.700. The predicted molar refractivity (Wildman–Crippen MR) is 61.1 cm³/mol. The number of rotatable bonds is 5. The first kappa shape index (κ1) is 14.2. The third-order valence-electron chi connectivity index (χ3n) is 1.60. The van der Waals surface area contributed by atoms with Gasteiger partial charge in [-0.05, 0) is 27.2 Å². The van der Waals surface area contributed by atoms with Gasteiger partial charge in [-0.3, -0.25) is 4.79 Å². The largest absolute Gasteiger partial charge is 0.352 e. The van der Waals surface area contributed by atoms with Crippen molar-refractivity contribution in [3.05, 3.63) is 12.0 Å². The Morgan fingerprint density at radius 3 is 2.33 bits per heavy atom. The molecule has 0 saturated heterocycles. The lowest BCUT2D eigenvalue weighted by atomic mass is 10.1. The molecular weight excluding hydrogens is 214 g/mol. The van der Waals surface area contributed by atoms with Crippen LogP contribution in [0.3, 0.4) is 0 Å². The first-order valence-corrected chi connectivity index (χ1v) is 6.54. The van der Waals surface area contributed by atoms with Crippen LogP contribution in [0.2, 0.25) is 0 Å². The van der Waals surface area contributed by atoms with Gasteiger partial charge in [0.15, 0.2) is 9.84 Å². The molecule has 0 radical (unpaired) electrons. The van der Waals surface area contributed by atoms with Crippen LogP contribution in [-0.4, -0.2) is 25.6 Å². The highest BCUT2D eigenvalue weighted by molar-refractivity contribution is 7.94. The maximum atomic E-state index is 11.3. The van der Waals surface area contributed by atoms with Crippen molar-refractivity contribution < 1.29 is 13.2 Å². The van der Waals surface area contributed by atoms with Crippen LogP contribution >= 0.6 is 0 Å². The van der Waals surface area contributed by atoms with Crippen LogP contribution in [-0.2, 0) is 14.6 Å². The average Bonchev–Trinajstić information content (AvgIpc) is 2.00. The van der Waals surface area contributed by atoms with Gasteiger partial charge in [-0.15, -0.1) is 0 Å². The summed E-state index contributed by atoms with van der Waals surface area (Å²) in [7, 11) is -3.17. The van der Waals surface area contributed by atoms with Gasteiger partial charge in [-0.2, -0.15) is 0 Å². The van der Waals surface area contributed by atoms with Gasteiger partial charge in [0.1, 0.15) is 0 Å². The van der Waals surface area contributed by atoms with Gasteiger partial charge >= 0.3 is 0 Å². The van der Waals surface area contributed by atoms with Crippen molar-refractivity contribution in [1.82, 2.24) is 5.32 Å². The summed E-state index contributed by atoms with van der Waals surface area (Å²) in [5, 5.41) is 3.69. The average molecular weight is 233 g/mol. The van der Waals surface area contributed by atoms with E-state index in [-0.39, 0.29) is 23.6 Å². The minimum Gasteiger partial charge on any atom is -0.352 e. The standard InChI is InChI=1S/C10H19NO3S/c1-5-15(13,14)8-6-7-9(12)11-10(2,3)4/h5H,1,6-8H2,2-4H3,(H,11,12). The zero-order valence-corrected chi connectivity index (χ0v) is 10.4. The lowest BCUT2D eigenvalue weighted by Gasteiger charge is -2.20. The number of nitrogens with one attached hydrogen (secondary N) is 1. The highest BCUT2D eigenvalue weighted by Crippen LogP contribution is 2.02. The number of hydrogen-bond acceptors (Lipinski definition) is 3. The molecule has 0 fully saturated rings. The first-order valence-electron chi connectivity index (χ1n) is 4.82. The van der Waals surface area contributed by atoms with Crippen LogP contribution in [0, 0.1) is 0 Å². The maximum Gasteiger partial charge on any atom is 0.220 e. The predicted octanol–water partition coefficient (Wildman–Crippen LogP) is 1.24. The highest BCUT2D eigenvalue weighted by Gasteiger charge is 2.14. The first-order chi connectivity index (χ1) is 6.66. The molecular formula is C10H19NO3S. The second-order valence-electron chi connectivity index (χ2n) is 4.44. The smallest absolute Gasteiger partial charge is 0.220 e. The topological polar surface area (TPSA) is 63.2 Å². The molecule has 0 bridgehead atoms. The second kappa shape index (κ2) is 5.30. The quantitative estimate of drug-likeness (QED) is 0.777. The monoisotopic (exact) mass is 233 g/mol. The molecule has 0 aromatic carbocycles. The fourth-order valence-corrected chi connectivity index (χ4v) is 1.71. The number of carbonyl (C=O) groups is 1. The van der Waals surface area contributed by atoms with E-state index in [9.17, 15) is 13.2 Å². The van der Waals surface area contributed by atoms with Crippen molar-refractivity contribution in [1.29, 1.82) is 0 Å². The minimum absolute atomic E-state index is 0.0198. The summed E-state index contributed by atoms with van der Waals surface area (Å²) in [5.41, 5.74) is -0.269. The van der Waals surface area contributed by atoms with E-state index in [4.69, 9.17) is 0 Å². The molecule has 1 N–H and O–H groups in total. The van der Waals surface area contributed by atoms with Gasteiger partial charge in [0.2, 0.25) is 5.91 Å². The summed E-state index contributed by atoms with van der Waals surface area (Å²) in [6, 6.07) is 0. The molecule has 0 rings (SSSR count). The van der Waals surface area contributed by atoms with Crippen LogP contribution in [0.5, 0.6) is 0 Å². The molecule has 5 heteroatoms. The van der Waals surface area contributed by atoms with E-state index in [1.54, 1.807) is 0 Å². The Labute approximate surface area is 91.7 Å². The molecule has 15 heavy (non-hydrogen) atoms. The Hall–Kier alpha value is -0.840. The fourth-order valence-electron chi connectivity index (χ4n) is 0.998. The lowest BCUT2D eigenvalue weighted by Crippen LogP contribution is -2.40. The number of hydrogen-bond donors (Lipinski definition) is 1. The van der Waals surface area contributed by atoms with Gasteiger partial charge < -0.3 is 5.32 Å². The summed E-state index contributed by atoms with van der Waals surface area (Å²) in [4.78, 5) is 11.3. The zero-order chi connectivity index (χ0) is 12.1. The summed E-state index contributed by atoms with van der Waals surface area (Å²) in [5.74, 6) is -0.143. The maximum absolute atomic E-state index is 11.3. The number of carbonyl (C=O) groups excluding carboxylic acids is 1. The van der Waals surface area contributed by atoms with Gasteiger partial charge in [-0.1, -0.05) is 6.58 Å². The van der Waals surface area contributed by atoms with E-state index in [0.29, 0.717) is 6.42 Å². The van der Waals surface area contributed by atoms with Crippen LogP contribution in [0.4, 0.5) is 0 Å². The van der Waals surface area contributed by atoms with E-state index in [0.717, 1.165) is 5.41 Å².